The molecule has 0 radical (unpaired) electrons. The van der Waals surface area contributed by atoms with Crippen molar-refractivity contribution in [3.8, 4) is 0 Å². The predicted molar refractivity (Wildman–Crippen MR) is 165 cm³/mol. The first-order chi connectivity index (χ1) is 18.2. The van der Waals surface area contributed by atoms with Gasteiger partial charge in [-0.1, -0.05) is 110 Å². The summed E-state index contributed by atoms with van der Waals surface area (Å²) in [4.78, 5) is 5.63. The van der Waals surface area contributed by atoms with E-state index < -0.39 is 0 Å². The Hall–Kier alpha value is -3.13. The molecule has 38 heavy (non-hydrogen) atoms. The molecule has 0 aliphatic heterocycles. The fourth-order valence-corrected chi connectivity index (χ4v) is 6.29. The Balaban J connectivity index is 1.79. The van der Waals surface area contributed by atoms with Crippen molar-refractivity contribution in [1.29, 1.82) is 0 Å². The van der Waals surface area contributed by atoms with Crippen LogP contribution in [0.4, 0.5) is 11.4 Å². The van der Waals surface area contributed by atoms with Crippen molar-refractivity contribution in [1.82, 2.24) is 0 Å². The van der Waals surface area contributed by atoms with Crippen molar-refractivity contribution in [2.45, 2.75) is 98.3 Å². The van der Waals surface area contributed by atoms with Crippen molar-refractivity contribution in [3.63, 3.8) is 0 Å². The van der Waals surface area contributed by atoms with Crippen LogP contribution >= 0.6 is 0 Å². The SMILES string of the molecule is CC(C)c1cccc(C(C)C)c1N=C1C(Nc2c(C(C)C)cccc2C(C)C)=C2CCCc3cccc1c32. The average Bonchev–Trinajstić information content (AvgIpc) is 3.17. The van der Waals surface area contributed by atoms with Gasteiger partial charge in [0.1, 0.15) is 0 Å². The number of anilines is 1. The van der Waals surface area contributed by atoms with E-state index in [9.17, 15) is 0 Å². The number of benzene rings is 3. The fourth-order valence-electron chi connectivity index (χ4n) is 6.29. The van der Waals surface area contributed by atoms with Crippen molar-refractivity contribution < 1.29 is 0 Å². The number of aryl methyl sites for hydroxylation is 1. The molecule has 0 saturated carbocycles. The van der Waals surface area contributed by atoms with Crippen LogP contribution in [0.15, 0.2) is 65.3 Å². The first kappa shape index (κ1) is 26.5. The van der Waals surface area contributed by atoms with Crippen LogP contribution in [-0.4, -0.2) is 5.71 Å². The summed E-state index contributed by atoms with van der Waals surface area (Å²) in [6.45, 7) is 18.3. The van der Waals surface area contributed by atoms with Crippen LogP contribution in [0.25, 0.3) is 5.57 Å². The predicted octanol–water partition coefficient (Wildman–Crippen LogP) is 10.5. The van der Waals surface area contributed by atoms with Gasteiger partial charge in [-0.25, -0.2) is 4.99 Å². The third kappa shape index (κ3) is 4.64. The van der Waals surface area contributed by atoms with Crippen LogP contribution in [0, 0.1) is 0 Å². The minimum Gasteiger partial charge on any atom is -0.353 e. The molecule has 0 spiro atoms. The number of para-hydroxylation sites is 2. The number of nitrogens with zero attached hydrogens (tertiary/aromatic N) is 1. The second kappa shape index (κ2) is 10.6. The van der Waals surface area contributed by atoms with Crippen molar-refractivity contribution in [2.24, 2.45) is 4.99 Å². The summed E-state index contributed by atoms with van der Waals surface area (Å²) in [6.07, 6.45) is 3.43. The third-order valence-corrected chi connectivity index (χ3v) is 8.31. The maximum absolute atomic E-state index is 5.63. The molecule has 0 amide bonds. The smallest absolute Gasteiger partial charge is 0.0953 e. The lowest BCUT2D eigenvalue weighted by Crippen LogP contribution is -2.14. The molecule has 5 rings (SSSR count). The standard InChI is InChI=1S/C36H44N2/c1-21(2)26-15-11-16-27(22(3)4)33(26)37-35-30-19-9-13-25-14-10-20-31(32(25)30)36(35)38-34-28(23(5)6)17-12-18-29(34)24(7)8/h9,11-13,15-19,21-24H,10,14,20H2,1-8H3,(H,37,38). The number of allylic oxidation sites excluding steroid dienone is 2. The van der Waals surface area contributed by atoms with Gasteiger partial charge < -0.3 is 5.32 Å². The maximum Gasteiger partial charge on any atom is 0.0953 e. The Morgan fingerprint density at radius 3 is 1.71 bits per heavy atom. The Kier molecular flexibility index (Phi) is 7.36. The molecule has 0 aromatic heterocycles. The van der Waals surface area contributed by atoms with Crippen LogP contribution in [0.5, 0.6) is 0 Å². The zero-order valence-corrected chi connectivity index (χ0v) is 24.6. The molecule has 0 saturated heterocycles. The number of hydrogen-bond donors (Lipinski definition) is 1. The van der Waals surface area contributed by atoms with Crippen molar-refractivity contribution in [2.75, 3.05) is 5.32 Å². The van der Waals surface area contributed by atoms with Gasteiger partial charge in [0, 0.05) is 11.3 Å². The van der Waals surface area contributed by atoms with Gasteiger partial charge in [-0.05, 0) is 81.9 Å². The van der Waals surface area contributed by atoms with Crippen LogP contribution < -0.4 is 5.32 Å². The van der Waals surface area contributed by atoms with E-state index in [1.165, 1.54) is 62.3 Å². The number of rotatable bonds is 7. The lowest BCUT2D eigenvalue weighted by atomic mass is 9.87. The first-order valence-electron chi connectivity index (χ1n) is 14.7. The van der Waals surface area contributed by atoms with Gasteiger partial charge in [0.15, 0.2) is 0 Å². The first-order valence-corrected chi connectivity index (χ1v) is 14.7. The highest BCUT2D eigenvalue weighted by Gasteiger charge is 2.33. The Labute approximate surface area is 230 Å². The number of aliphatic imine (C=N–C) groups is 1. The molecule has 0 atom stereocenters. The van der Waals surface area contributed by atoms with Crippen molar-refractivity contribution in [3.05, 3.63) is 99.2 Å². The molecule has 2 heteroatoms. The maximum atomic E-state index is 5.63. The van der Waals surface area contributed by atoms with Crippen LogP contribution in [0.2, 0.25) is 0 Å². The molecular formula is C36H44N2. The van der Waals surface area contributed by atoms with Gasteiger partial charge in [0.2, 0.25) is 0 Å². The lowest BCUT2D eigenvalue weighted by Gasteiger charge is -2.24. The summed E-state index contributed by atoms with van der Waals surface area (Å²) < 4.78 is 0. The zero-order valence-electron chi connectivity index (χ0n) is 24.6. The van der Waals surface area contributed by atoms with E-state index >= 15 is 0 Å². The summed E-state index contributed by atoms with van der Waals surface area (Å²) in [6, 6.07) is 20.4. The third-order valence-electron chi connectivity index (χ3n) is 8.31. The molecule has 0 bridgehead atoms. The van der Waals surface area contributed by atoms with E-state index in [4.69, 9.17) is 4.99 Å². The number of hydrogen-bond acceptors (Lipinski definition) is 2. The van der Waals surface area contributed by atoms with Gasteiger partial charge in [-0.3, -0.25) is 0 Å². The molecule has 2 aliphatic rings. The molecule has 0 unspecified atom stereocenters. The Morgan fingerprint density at radius 1 is 0.632 bits per heavy atom. The fraction of sp³-hybridized carbons (Fsp3) is 0.417. The molecule has 2 aliphatic carbocycles. The molecule has 198 valence electrons. The molecule has 0 fully saturated rings. The van der Waals surface area contributed by atoms with Crippen LogP contribution in [-0.2, 0) is 6.42 Å². The zero-order chi connectivity index (χ0) is 27.1. The monoisotopic (exact) mass is 504 g/mol. The van der Waals surface area contributed by atoms with Crippen LogP contribution in [0.1, 0.15) is 131 Å². The largest absolute Gasteiger partial charge is 0.353 e. The topological polar surface area (TPSA) is 24.4 Å². The van der Waals surface area contributed by atoms with E-state index in [1.807, 2.05) is 0 Å². The number of nitrogens with one attached hydrogen (secondary N) is 1. The van der Waals surface area contributed by atoms with Gasteiger partial charge in [-0.15, -0.1) is 0 Å². The van der Waals surface area contributed by atoms with E-state index in [0.29, 0.717) is 23.7 Å². The summed E-state index contributed by atoms with van der Waals surface area (Å²) in [5.41, 5.74) is 15.8. The van der Waals surface area contributed by atoms with Gasteiger partial charge >= 0.3 is 0 Å². The molecule has 2 nitrogen and oxygen atoms in total. The summed E-state index contributed by atoms with van der Waals surface area (Å²) in [5.74, 6) is 1.68. The molecule has 3 aromatic rings. The highest BCUT2D eigenvalue weighted by Crippen LogP contribution is 2.46. The highest BCUT2D eigenvalue weighted by molar-refractivity contribution is 6.26. The molecular weight excluding hydrogens is 460 g/mol. The Morgan fingerprint density at radius 2 is 1.16 bits per heavy atom. The van der Waals surface area contributed by atoms with Crippen LogP contribution in [0.3, 0.4) is 0 Å². The molecule has 0 heterocycles. The van der Waals surface area contributed by atoms with E-state index in [1.54, 1.807) is 0 Å². The van der Waals surface area contributed by atoms with E-state index in [-0.39, 0.29) is 0 Å². The Bertz CT molecular complexity index is 1360. The average molecular weight is 505 g/mol. The summed E-state index contributed by atoms with van der Waals surface area (Å²) in [5, 5.41) is 4.07. The normalized spacial score (nSPS) is 15.9. The van der Waals surface area contributed by atoms with Crippen molar-refractivity contribution >= 4 is 22.7 Å². The summed E-state index contributed by atoms with van der Waals surface area (Å²) in [7, 11) is 0. The molecule has 1 N–H and O–H groups in total. The second-order valence-electron chi connectivity index (χ2n) is 12.3. The van der Waals surface area contributed by atoms with Gasteiger partial charge in [0.25, 0.3) is 0 Å². The van der Waals surface area contributed by atoms with E-state index in [0.717, 1.165) is 24.2 Å². The van der Waals surface area contributed by atoms with Gasteiger partial charge in [0.05, 0.1) is 17.1 Å². The summed E-state index contributed by atoms with van der Waals surface area (Å²) >= 11 is 0. The quantitative estimate of drug-likeness (QED) is 0.340. The van der Waals surface area contributed by atoms with E-state index in [2.05, 4.69) is 115 Å². The molecule has 3 aromatic carbocycles. The minimum atomic E-state index is 0.407. The minimum absolute atomic E-state index is 0.407. The lowest BCUT2D eigenvalue weighted by molar-refractivity contribution is 0.821. The second-order valence-corrected chi connectivity index (χ2v) is 12.3. The highest BCUT2D eigenvalue weighted by atomic mass is 15.0. The van der Waals surface area contributed by atoms with Gasteiger partial charge in [-0.2, -0.15) is 0 Å².